The minimum Gasteiger partial charge on any atom is -0.347 e. The summed E-state index contributed by atoms with van der Waals surface area (Å²) >= 11 is 0. The van der Waals surface area contributed by atoms with E-state index < -0.39 is 0 Å². The van der Waals surface area contributed by atoms with Gasteiger partial charge < -0.3 is 5.32 Å². The molecule has 1 N–H and O–H groups in total. The zero-order valence-electron chi connectivity index (χ0n) is 15.1. The Labute approximate surface area is 141 Å². The smallest absolute Gasteiger partial charge is 0.107 e. The number of hydrogen-bond donors (Lipinski definition) is 1. The van der Waals surface area contributed by atoms with Gasteiger partial charge in [-0.2, -0.15) is 0 Å². The molecule has 0 saturated heterocycles. The monoisotopic (exact) mass is 310 g/mol. The van der Waals surface area contributed by atoms with Crippen LogP contribution in [0.25, 0.3) is 0 Å². The van der Waals surface area contributed by atoms with Gasteiger partial charge in [0, 0.05) is 30.2 Å². The summed E-state index contributed by atoms with van der Waals surface area (Å²) in [5.41, 5.74) is 3.80. The summed E-state index contributed by atoms with van der Waals surface area (Å²) in [6, 6.07) is 0. The van der Waals surface area contributed by atoms with Crippen molar-refractivity contribution in [3.05, 3.63) is 35.1 Å². The molecule has 0 radical (unpaired) electrons. The summed E-state index contributed by atoms with van der Waals surface area (Å²) in [6.07, 6.45) is 14.9. The Hall–Kier alpha value is -1.75. The van der Waals surface area contributed by atoms with Crippen molar-refractivity contribution in [1.29, 1.82) is 0 Å². The van der Waals surface area contributed by atoms with Crippen LogP contribution in [0.4, 0.5) is 0 Å². The Morgan fingerprint density at radius 1 is 1.26 bits per heavy atom. The lowest BCUT2D eigenvalue weighted by molar-refractivity contribution is 0.429. The molecule has 2 heteroatoms. The molecular weight excluding hydrogens is 280 g/mol. The molecule has 2 aliphatic rings. The van der Waals surface area contributed by atoms with Crippen LogP contribution in [0.15, 0.2) is 40.1 Å². The number of nitrogens with one attached hydrogen (secondary N) is 1. The van der Waals surface area contributed by atoms with Gasteiger partial charge in [-0.3, -0.25) is 4.99 Å². The third-order valence-electron chi connectivity index (χ3n) is 4.92. The number of aliphatic imine (C=N–C) groups is 1. The van der Waals surface area contributed by atoms with E-state index in [1.807, 2.05) is 7.05 Å². The van der Waals surface area contributed by atoms with Gasteiger partial charge in [0.05, 0.1) is 0 Å². The summed E-state index contributed by atoms with van der Waals surface area (Å²) in [6.45, 7) is 6.43. The molecule has 124 valence electrons. The largest absolute Gasteiger partial charge is 0.347 e. The maximum absolute atomic E-state index is 4.61. The molecule has 0 atom stereocenters. The minimum atomic E-state index is 0.200. The second-order valence-corrected chi connectivity index (χ2v) is 6.57. The Kier molecular flexibility index (Phi) is 6.28. The van der Waals surface area contributed by atoms with E-state index >= 15 is 0 Å². The number of rotatable bonds is 1. The quantitative estimate of drug-likeness (QED) is 0.666. The van der Waals surface area contributed by atoms with Crippen LogP contribution in [-0.2, 0) is 0 Å². The molecular formula is C21H30N2. The van der Waals surface area contributed by atoms with Crippen molar-refractivity contribution in [2.45, 2.75) is 65.7 Å². The van der Waals surface area contributed by atoms with Gasteiger partial charge in [0.15, 0.2) is 0 Å². The van der Waals surface area contributed by atoms with Crippen LogP contribution in [0.5, 0.6) is 0 Å². The van der Waals surface area contributed by atoms with E-state index in [1.54, 1.807) is 0 Å². The molecule has 1 aliphatic heterocycles. The fourth-order valence-electron chi connectivity index (χ4n) is 3.67. The van der Waals surface area contributed by atoms with Gasteiger partial charge in [-0.25, -0.2) is 0 Å². The van der Waals surface area contributed by atoms with E-state index in [-0.39, 0.29) is 5.41 Å². The van der Waals surface area contributed by atoms with Gasteiger partial charge in [0.2, 0.25) is 0 Å². The molecule has 0 amide bonds. The summed E-state index contributed by atoms with van der Waals surface area (Å²) in [5.74, 6) is 7.70. The molecule has 0 aromatic rings. The third kappa shape index (κ3) is 4.16. The first-order chi connectivity index (χ1) is 11.1. The second-order valence-electron chi connectivity index (χ2n) is 6.57. The van der Waals surface area contributed by atoms with Crippen LogP contribution in [-0.4, -0.2) is 12.9 Å². The first-order valence-electron chi connectivity index (χ1n) is 8.96. The van der Waals surface area contributed by atoms with Gasteiger partial charge in [-0.05, 0) is 44.3 Å². The van der Waals surface area contributed by atoms with Crippen LogP contribution < -0.4 is 5.32 Å². The first kappa shape index (κ1) is 17.6. The Balaban J connectivity index is 2.47. The molecule has 23 heavy (non-hydrogen) atoms. The summed E-state index contributed by atoms with van der Waals surface area (Å²) in [4.78, 5) is 4.61. The van der Waals surface area contributed by atoms with Crippen molar-refractivity contribution in [3.63, 3.8) is 0 Å². The average Bonchev–Trinajstić information content (AvgIpc) is 3.03. The van der Waals surface area contributed by atoms with Crippen molar-refractivity contribution in [1.82, 2.24) is 5.32 Å². The van der Waals surface area contributed by atoms with E-state index in [0.717, 1.165) is 36.4 Å². The van der Waals surface area contributed by atoms with Crippen LogP contribution in [0, 0.1) is 17.3 Å². The zero-order chi connectivity index (χ0) is 16.7. The first-order valence-corrected chi connectivity index (χ1v) is 8.96. The molecule has 0 bridgehead atoms. The van der Waals surface area contributed by atoms with Gasteiger partial charge in [-0.1, -0.05) is 50.7 Å². The Morgan fingerprint density at radius 3 is 2.61 bits per heavy atom. The number of nitrogens with zero attached hydrogens (tertiary/aromatic N) is 1. The minimum absolute atomic E-state index is 0.200. The normalized spacial score (nSPS) is 24.0. The molecule has 2 rings (SSSR count). The lowest BCUT2D eigenvalue weighted by Crippen LogP contribution is -2.38. The molecule has 0 aromatic carbocycles. The highest BCUT2D eigenvalue weighted by atomic mass is 15.0. The average molecular weight is 310 g/mol. The molecule has 1 heterocycles. The number of allylic oxidation sites excluding steroid dienone is 6. The Morgan fingerprint density at radius 2 is 2.00 bits per heavy atom. The molecule has 1 fully saturated rings. The van der Waals surface area contributed by atoms with E-state index in [0.29, 0.717) is 0 Å². The van der Waals surface area contributed by atoms with Crippen molar-refractivity contribution in [2.75, 3.05) is 7.05 Å². The SMILES string of the molecule is CCC#CC1=C(CC)/C=C/CC2(CCCC2)C(=NC)NC(C)=C1. The molecule has 1 aliphatic carbocycles. The van der Waals surface area contributed by atoms with Crippen molar-refractivity contribution in [2.24, 2.45) is 10.4 Å². The maximum Gasteiger partial charge on any atom is 0.107 e. The highest BCUT2D eigenvalue weighted by molar-refractivity contribution is 5.90. The fraction of sp³-hybridized carbons (Fsp3) is 0.571. The number of hydrogen-bond acceptors (Lipinski definition) is 1. The van der Waals surface area contributed by atoms with Gasteiger partial charge in [0.1, 0.15) is 5.84 Å². The lowest BCUT2D eigenvalue weighted by Gasteiger charge is -2.31. The van der Waals surface area contributed by atoms with E-state index in [9.17, 15) is 0 Å². The highest BCUT2D eigenvalue weighted by Crippen LogP contribution is 2.42. The number of amidine groups is 1. The van der Waals surface area contributed by atoms with E-state index in [1.165, 1.54) is 31.3 Å². The van der Waals surface area contributed by atoms with Crippen molar-refractivity contribution < 1.29 is 0 Å². The predicted molar refractivity (Wildman–Crippen MR) is 100 cm³/mol. The fourth-order valence-corrected chi connectivity index (χ4v) is 3.67. The van der Waals surface area contributed by atoms with E-state index in [4.69, 9.17) is 0 Å². The lowest BCUT2D eigenvalue weighted by atomic mass is 9.80. The Bertz CT molecular complexity index is 599. The van der Waals surface area contributed by atoms with Crippen molar-refractivity contribution >= 4 is 5.84 Å². The van der Waals surface area contributed by atoms with E-state index in [2.05, 4.69) is 61.1 Å². The van der Waals surface area contributed by atoms with Crippen LogP contribution in [0.1, 0.15) is 65.7 Å². The predicted octanol–water partition coefficient (Wildman–Crippen LogP) is 5.15. The van der Waals surface area contributed by atoms with Gasteiger partial charge in [-0.15, -0.1) is 0 Å². The summed E-state index contributed by atoms with van der Waals surface area (Å²) in [5, 5.41) is 3.60. The van der Waals surface area contributed by atoms with Crippen LogP contribution in [0.3, 0.4) is 0 Å². The summed E-state index contributed by atoms with van der Waals surface area (Å²) < 4.78 is 0. The topological polar surface area (TPSA) is 24.4 Å². The standard InChI is InChI=1S/C21H30N2/c1-5-7-11-19-16-17(3)23-20(22-4)21(13-8-9-14-21)15-10-12-18(19)6-2/h10,12,16H,5-6,8-9,13-15H2,1-4H3,(H,22,23)/b12-10+,17-16?,19-18?. The van der Waals surface area contributed by atoms with Gasteiger partial charge >= 0.3 is 0 Å². The molecule has 0 aromatic heterocycles. The third-order valence-corrected chi connectivity index (χ3v) is 4.92. The maximum atomic E-state index is 4.61. The highest BCUT2D eigenvalue weighted by Gasteiger charge is 2.38. The zero-order valence-corrected chi connectivity index (χ0v) is 15.1. The molecule has 2 nitrogen and oxygen atoms in total. The molecule has 0 unspecified atom stereocenters. The van der Waals surface area contributed by atoms with Gasteiger partial charge in [0.25, 0.3) is 0 Å². The summed E-state index contributed by atoms with van der Waals surface area (Å²) in [7, 11) is 1.91. The van der Waals surface area contributed by atoms with Crippen molar-refractivity contribution in [3.8, 4) is 11.8 Å². The van der Waals surface area contributed by atoms with Crippen LogP contribution >= 0.6 is 0 Å². The van der Waals surface area contributed by atoms with Crippen LogP contribution in [0.2, 0.25) is 0 Å². The molecule has 1 spiro atoms. The second kappa shape index (κ2) is 8.20. The molecule has 1 saturated carbocycles.